The van der Waals surface area contributed by atoms with Gasteiger partial charge in [-0.25, -0.2) is 4.79 Å². The van der Waals surface area contributed by atoms with Gasteiger partial charge in [0, 0.05) is 16.5 Å². The Labute approximate surface area is 226 Å². The summed E-state index contributed by atoms with van der Waals surface area (Å²) in [6.45, 7) is 3.90. The first-order chi connectivity index (χ1) is 19.0. The first-order valence-corrected chi connectivity index (χ1v) is 13.3. The lowest BCUT2D eigenvalue weighted by Crippen LogP contribution is -2.33. The maximum atomic E-state index is 12.6. The van der Waals surface area contributed by atoms with Gasteiger partial charge in [0.1, 0.15) is 31.0 Å². The molecule has 196 valence electrons. The van der Waals surface area contributed by atoms with Gasteiger partial charge >= 0.3 is 5.97 Å². The number of rotatable bonds is 5. The number of benzene rings is 4. The maximum Gasteiger partial charge on any atom is 0.338 e. The summed E-state index contributed by atoms with van der Waals surface area (Å²) >= 11 is 0. The molecule has 4 atom stereocenters. The van der Waals surface area contributed by atoms with Crippen LogP contribution in [0.15, 0.2) is 103 Å². The van der Waals surface area contributed by atoms with Gasteiger partial charge in [0.15, 0.2) is 5.79 Å². The fourth-order valence-corrected chi connectivity index (χ4v) is 5.92. The zero-order valence-electron chi connectivity index (χ0n) is 21.8. The van der Waals surface area contributed by atoms with E-state index in [-0.39, 0.29) is 30.9 Å². The number of ether oxygens (including phenoxy) is 4. The Morgan fingerprint density at radius 3 is 2.26 bits per heavy atom. The lowest BCUT2D eigenvalue weighted by molar-refractivity contribution is -0.191. The minimum Gasteiger partial charge on any atom is -0.459 e. The average molecular weight is 520 g/mol. The van der Waals surface area contributed by atoms with E-state index in [0.29, 0.717) is 5.56 Å². The molecule has 2 aliphatic rings. The molecule has 0 N–H and O–H groups in total. The molecule has 7 rings (SSSR count). The highest BCUT2D eigenvalue weighted by atomic mass is 16.8. The molecule has 3 heterocycles. The second kappa shape index (κ2) is 9.35. The van der Waals surface area contributed by atoms with Crippen LogP contribution in [0.5, 0.6) is 0 Å². The molecule has 2 saturated heterocycles. The van der Waals surface area contributed by atoms with Crippen molar-refractivity contribution in [3.05, 3.63) is 114 Å². The molecule has 0 bridgehead atoms. The molecule has 0 unspecified atom stereocenters. The molecule has 1 aromatic heterocycles. The molecule has 2 fully saturated rings. The number of esters is 1. The molecule has 0 saturated carbocycles. The SMILES string of the molecule is CC1(C)O[C@@H]2[C@H](O1)[C@@H](COC(=O)c1ccccc1)O[C@H]2c1ccc2c(c1)c1ccccc1n2-c1ccccc1. The van der Waals surface area contributed by atoms with Crippen molar-refractivity contribution in [2.45, 2.75) is 44.1 Å². The second-order valence-electron chi connectivity index (χ2n) is 10.6. The van der Waals surface area contributed by atoms with Gasteiger partial charge in [-0.2, -0.15) is 0 Å². The van der Waals surface area contributed by atoms with Gasteiger partial charge in [-0.15, -0.1) is 0 Å². The van der Waals surface area contributed by atoms with Crippen LogP contribution in [0.1, 0.15) is 35.9 Å². The van der Waals surface area contributed by atoms with Crippen molar-refractivity contribution in [2.75, 3.05) is 6.61 Å². The highest BCUT2D eigenvalue weighted by molar-refractivity contribution is 6.09. The quantitative estimate of drug-likeness (QED) is 0.245. The molecular formula is C33H29NO5. The van der Waals surface area contributed by atoms with Gasteiger partial charge in [0.25, 0.3) is 0 Å². The van der Waals surface area contributed by atoms with Gasteiger partial charge in [0.2, 0.25) is 0 Å². The summed E-state index contributed by atoms with van der Waals surface area (Å²) in [6, 6.07) is 34.3. The summed E-state index contributed by atoms with van der Waals surface area (Å²) in [5, 5.41) is 2.31. The van der Waals surface area contributed by atoms with E-state index in [0.717, 1.165) is 27.7 Å². The van der Waals surface area contributed by atoms with Crippen molar-refractivity contribution < 1.29 is 23.7 Å². The Kier molecular flexibility index (Phi) is 5.77. The van der Waals surface area contributed by atoms with Crippen LogP contribution >= 0.6 is 0 Å². The predicted molar refractivity (Wildman–Crippen MR) is 149 cm³/mol. The lowest BCUT2D eigenvalue weighted by Gasteiger charge is -2.24. The fourth-order valence-electron chi connectivity index (χ4n) is 5.92. The molecule has 0 amide bonds. The summed E-state index contributed by atoms with van der Waals surface area (Å²) in [6.07, 6.45) is -1.48. The summed E-state index contributed by atoms with van der Waals surface area (Å²) in [4.78, 5) is 12.6. The third-order valence-electron chi connectivity index (χ3n) is 7.58. The Morgan fingerprint density at radius 1 is 0.795 bits per heavy atom. The minimum atomic E-state index is -0.757. The van der Waals surface area contributed by atoms with Crippen molar-refractivity contribution in [3.63, 3.8) is 0 Å². The average Bonchev–Trinajstić information content (AvgIpc) is 3.58. The van der Waals surface area contributed by atoms with Gasteiger partial charge in [0.05, 0.1) is 16.6 Å². The summed E-state index contributed by atoms with van der Waals surface area (Å²) in [7, 11) is 0. The first-order valence-electron chi connectivity index (χ1n) is 13.3. The van der Waals surface area contributed by atoms with E-state index < -0.39 is 11.9 Å². The highest BCUT2D eigenvalue weighted by Crippen LogP contribution is 2.46. The van der Waals surface area contributed by atoms with E-state index in [1.807, 2.05) is 38.1 Å². The molecule has 6 nitrogen and oxygen atoms in total. The molecule has 39 heavy (non-hydrogen) atoms. The van der Waals surface area contributed by atoms with Crippen molar-refractivity contribution in [2.24, 2.45) is 0 Å². The number of carbonyl (C=O) groups is 1. The second-order valence-corrected chi connectivity index (χ2v) is 10.6. The van der Waals surface area contributed by atoms with Crippen LogP contribution in [0.4, 0.5) is 0 Å². The number of para-hydroxylation sites is 2. The van der Waals surface area contributed by atoms with Crippen LogP contribution in [0.2, 0.25) is 0 Å². The zero-order chi connectivity index (χ0) is 26.6. The van der Waals surface area contributed by atoms with Crippen molar-refractivity contribution >= 4 is 27.8 Å². The summed E-state index contributed by atoms with van der Waals surface area (Å²) in [5.74, 6) is -1.14. The Balaban J connectivity index is 1.24. The minimum absolute atomic E-state index is 0.0837. The van der Waals surface area contributed by atoms with Crippen molar-refractivity contribution in [1.29, 1.82) is 0 Å². The van der Waals surface area contributed by atoms with Crippen LogP contribution < -0.4 is 0 Å². The van der Waals surface area contributed by atoms with Gasteiger partial charge < -0.3 is 23.5 Å². The van der Waals surface area contributed by atoms with Gasteiger partial charge in [-0.05, 0) is 61.9 Å². The zero-order valence-corrected chi connectivity index (χ0v) is 21.8. The van der Waals surface area contributed by atoms with Crippen molar-refractivity contribution in [1.82, 2.24) is 4.57 Å². The number of carbonyl (C=O) groups excluding carboxylic acids is 1. The number of fused-ring (bicyclic) bond motifs is 4. The molecule has 6 heteroatoms. The Hall–Kier alpha value is -3.97. The predicted octanol–water partition coefficient (Wildman–Crippen LogP) is 6.60. The molecule has 0 aliphatic carbocycles. The molecule has 2 aliphatic heterocycles. The molecule has 4 aromatic carbocycles. The number of hydrogen-bond acceptors (Lipinski definition) is 5. The van der Waals surface area contributed by atoms with Gasteiger partial charge in [-0.3, -0.25) is 0 Å². The molecular weight excluding hydrogens is 490 g/mol. The third-order valence-corrected chi connectivity index (χ3v) is 7.58. The van der Waals surface area contributed by atoms with Crippen LogP contribution in [0.25, 0.3) is 27.5 Å². The van der Waals surface area contributed by atoms with E-state index in [9.17, 15) is 4.79 Å². The summed E-state index contributed by atoms with van der Waals surface area (Å²) in [5.41, 5.74) is 4.90. The first kappa shape index (κ1) is 24.1. The van der Waals surface area contributed by atoms with E-state index in [1.165, 1.54) is 5.39 Å². The highest BCUT2D eigenvalue weighted by Gasteiger charge is 2.55. The largest absolute Gasteiger partial charge is 0.459 e. The topological polar surface area (TPSA) is 58.9 Å². The number of aromatic nitrogens is 1. The van der Waals surface area contributed by atoms with Gasteiger partial charge in [-0.1, -0.05) is 60.7 Å². The number of nitrogens with zero attached hydrogens (tertiary/aromatic N) is 1. The lowest BCUT2D eigenvalue weighted by atomic mass is 9.99. The van der Waals surface area contributed by atoms with E-state index in [2.05, 4.69) is 71.3 Å². The monoisotopic (exact) mass is 519 g/mol. The molecule has 5 aromatic rings. The van der Waals surface area contributed by atoms with E-state index in [4.69, 9.17) is 18.9 Å². The normalized spacial score (nSPS) is 23.7. The maximum absolute atomic E-state index is 12.6. The molecule has 0 spiro atoms. The summed E-state index contributed by atoms with van der Waals surface area (Å²) < 4.78 is 27.0. The fraction of sp³-hybridized carbons (Fsp3) is 0.242. The number of hydrogen-bond donors (Lipinski definition) is 0. The van der Waals surface area contributed by atoms with Crippen LogP contribution in [0.3, 0.4) is 0 Å². The Morgan fingerprint density at radius 2 is 1.46 bits per heavy atom. The molecule has 0 radical (unpaired) electrons. The van der Waals surface area contributed by atoms with Crippen LogP contribution in [-0.2, 0) is 18.9 Å². The third kappa shape index (κ3) is 4.21. The van der Waals surface area contributed by atoms with Crippen LogP contribution in [-0.4, -0.2) is 41.2 Å². The van der Waals surface area contributed by atoms with Crippen molar-refractivity contribution in [3.8, 4) is 5.69 Å². The Bertz CT molecular complexity index is 1660. The standard InChI is InChI=1S/C33H29NO5/c1-33(2)38-30-28(20-36-32(35)21-11-5-3-6-12-21)37-29(31(30)39-33)22-17-18-27-25(19-22)24-15-9-10-16-26(24)34(27)23-13-7-4-8-14-23/h3-19,28-31H,20H2,1-2H3/t28-,29+,30-,31+/m1/s1. The van der Waals surface area contributed by atoms with E-state index >= 15 is 0 Å². The van der Waals surface area contributed by atoms with Crippen LogP contribution in [0, 0.1) is 0 Å². The van der Waals surface area contributed by atoms with E-state index in [1.54, 1.807) is 12.1 Å². The smallest absolute Gasteiger partial charge is 0.338 e.